The van der Waals surface area contributed by atoms with Crippen molar-refractivity contribution in [2.75, 3.05) is 6.54 Å². The van der Waals surface area contributed by atoms with Crippen molar-refractivity contribution in [3.05, 3.63) is 23.8 Å². The quantitative estimate of drug-likeness (QED) is 0.734. The highest BCUT2D eigenvalue weighted by atomic mass is 16.4. The summed E-state index contributed by atoms with van der Waals surface area (Å²) in [7, 11) is 0. The Morgan fingerprint density at radius 1 is 1.40 bits per heavy atom. The van der Waals surface area contributed by atoms with E-state index < -0.39 is 5.97 Å². The normalized spacial score (nSPS) is 10.7. The van der Waals surface area contributed by atoms with Crippen LogP contribution in [0.15, 0.2) is 12.5 Å². The Kier molecular flexibility index (Phi) is 4.24. The standard InChI is InChI=1S/C12H15N5O3/c1-2-9-8(6-14-12-15-7-16-17(9)12)11(20)13-5-3-4-10(18)19/h6-7H,2-5H2,1H3,(H,13,20)(H,18,19). The van der Waals surface area contributed by atoms with Crippen LogP contribution in [0.1, 0.15) is 35.8 Å². The van der Waals surface area contributed by atoms with Gasteiger partial charge >= 0.3 is 5.97 Å². The molecule has 0 atom stereocenters. The Hall–Kier alpha value is -2.51. The van der Waals surface area contributed by atoms with Crippen molar-refractivity contribution in [1.82, 2.24) is 24.9 Å². The SMILES string of the molecule is CCc1c(C(=O)NCCCC(=O)O)cnc2ncnn12. The monoisotopic (exact) mass is 277 g/mol. The molecule has 2 aromatic rings. The summed E-state index contributed by atoms with van der Waals surface area (Å²) < 4.78 is 1.53. The van der Waals surface area contributed by atoms with E-state index in [0.29, 0.717) is 30.7 Å². The smallest absolute Gasteiger partial charge is 0.303 e. The van der Waals surface area contributed by atoms with Gasteiger partial charge in [0, 0.05) is 19.2 Å². The summed E-state index contributed by atoms with van der Waals surface area (Å²) in [4.78, 5) is 30.5. The van der Waals surface area contributed by atoms with Crippen molar-refractivity contribution in [2.45, 2.75) is 26.2 Å². The number of hydrogen-bond acceptors (Lipinski definition) is 5. The van der Waals surface area contributed by atoms with E-state index in [1.165, 1.54) is 17.0 Å². The summed E-state index contributed by atoms with van der Waals surface area (Å²) in [6, 6.07) is 0. The highest BCUT2D eigenvalue weighted by molar-refractivity contribution is 5.95. The van der Waals surface area contributed by atoms with Crippen LogP contribution in [0.3, 0.4) is 0 Å². The topological polar surface area (TPSA) is 109 Å². The van der Waals surface area contributed by atoms with Gasteiger partial charge in [-0.05, 0) is 12.8 Å². The van der Waals surface area contributed by atoms with Gasteiger partial charge in [-0.25, -0.2) is 9.50 Å². The number of carboxylic acid groups (broad SMARTS) is 1. The molecule has 0 aliphatic carbocycles. The number of amides is 1. The fourth-order valence-electron chi connectivity index (χ4n) is 1.89. The van der Waals surface area contributed by atoms with E-state index in [0.717, 1.165) is 5.69 Å². The van der Waals surface area contributed by atoms with Crippen LogP contribution in [-0.4, -0.2) is 43.1 Å². The minimum Gasteiger partial charge on any atom is -0.481 e. The van der Waals surface area contributed by atoms with Gasteiger partial charge in [-0.3, -0.25) is 9.59 Å². The summed E-state index contributed by atoms with van der Waals surface area (Å²) in [6.07, 6.45) is 3.88. The molecule has 0 aliphatic heterocycles. The molecule has 2 N–H and O–H groups in total. The number of aromatic nitrogens is 4. The number of aliphatic carboxylic acids is 1. The molecule has 2 heterocycles. The Morgan fingerprint density at radius 2 is 2.20 bits per heavy atom. The van der Waals surface area contributed by atoms with E-state index in [4.69, 9.17) is 5.11 Å². The van der Waals surface area contributed by atoms with Crippen molar-refractivity contribution in [3.63, 3.8) is 0 Å². The second-order valence-electron chi connectivity index (χ2n) is 4.20. The lowest BCUT2D eigenvalue weighted by molar-refractivity contribution is -0.137. The molecule has 0 aromatic carbocycles. The van der Waals surface area contributed by atoms with Crippen molar-refractivity contribution in [3.8, 4) is 0 Å². The third-order valence-electron chi connectivity index (χ3n) is 2.84. The largest absolute Gasteiger partial charge is 0.481 e. The molecule has 0 radical (unpaired) electrons. The first-order valence-electron chi connectivity index (χ1n) is 6.31. The van der Waals surface area contributed by atoms with Gasteiger partial charge in [0.05, 0.1) is 11.3 Å². The van der Waals surface area contributed by atoms with E-state index in [1.54, 1.807) is 0 Å². The molecule has 20 heavy (non-hydrogen) atoms. The van der Waals surface area contributed by atoms with Gasteiger partial charge in [-0.15, -0.1) is 0 Å². The first kappa shape index (κ1) is 13.9. The van der Waals surface area contributed by atoms with Gasteiger partial charge in [0.15, 0.2) is 0 Å². The Morgan fingerprint density at radius 3 is 2.90 bits per heavy atom. The third kappa shape index (κ3) is 2.90. The molecule has 0 aliphatic rings. The molecular formula is C12H15N5O3. The maximum Gasteiger partial charge on any atom is 0.303 e. The van der Waals surface area contributed by atoms with Crippen LogP contribution in [0.4, 0.5) is 0 Å². The van der Waals surface area contributed by atoms with Gasteiger partial charge < -0.3 is 10.4 Å². The molecule has 1 amide bonds. The van der Waals surface area contributed by atoms with Crippen LogP contribution in [0, 0.1) is 0 Å². The lowest BCUT2D eigenvalue weighted by Gasteiger charge is -2.09. The van der Waals surface area contributed by atoms with Crippen LogP contribution in [-0.2, 0) is 11.2 Å². The molecule has 0 bridgehead atoms. The van der Waals surface area contributed by atoms with Gasteiger partial charge in [-0.2, -0.15) is 10.1 Å². The fourth-order valence-corrected chi connectivity index (χ4v) is 1.89. The zero-order valence-corrected chi connectivity index (χ0v) is 11.0. The van der Waals surface area contributed by atoms with Crippen molar-refractivity contribution >= 4 is 17.7 Å². The number of fused-ring (bicyclic) bond motifs is 1. The molecule has 8 heteroatoms. The van der Waals surface area contributed by atoms with Crippen LogP contribution in [0.5, 0.6) is 0 Å². The number of carbonyl (C=O) groups excluding carboxylic acids is 1. The lowest BCUT2D eigenvalue weighted by Crippen LogP contribution is -2.27. The van der Waals surface area contributed by atoms with Crippen LogP contribution in [0.2, 0.25) is 0 Å². The minimum absolute atomic E-state index is 0.0290. The number of nitrogens with zero attached hydrogens (tertiary/aromatic N) is 4. The average Bonchev–Trinajstić information content (AvgIpc) is 2.90. The second kappa shape index (κ2) is 6.09. The number of nitrogens with one attached hydrogen (secondary N) is 1. The Balaban J connectivity index is 2.11. The van der Waals surface area contributed by atoms with Crippen molar-refractivity contribution in [1.29, 1.82) is 0 Å². The van der Waals surface area contributed by atoms with E-state index in [9.17, 15) is 9.59 Å². The Labute approximate surface area is 114 Å². The van der Waals surface area contributed by atoms with Crippen molar-refractivity contribution < 1.29 is 14.7 Å². The molecule has 0 spiro atoms. The highest BCUT2D eigenvalue weighted by Crippen LogP contribution is 2.09. The van der Waals surface area contributed by atoms with E-state index in [2.05, 4.69) is 20.4 Å². The van der Waals surface area contributed by atoms with Gasteiger partial charge in [0.2, 0.25) is 0 Å². The first-order chi connectivity index (χ1) is 9.63. The zero-order valence-electron chi connectivity index (χ0n) is 11.0. The second-order valence-corrected chi connectivity index (χ2v) is 4.20. The van der Waals surface area contributed by atoms with E-state index >= 15 is 0 Å². The van der Waals surface area contributed by atoms with Gasteiger partial charge in [0.25, 0.3) is 11.7 Å². The molecule has 0 unspecified atom stereocenters. The molecule has 0 saturated heterocycles. The molecule has 2 rings (SSSR count). The van der Waals surface area contributed by atoms with Crippen LogP contribution in [0.25, 0.3) is 5.78 Å². The van der Waals surface area contributed by atoms with Gasteiger partial charge in [0.1, 0.15) is 6.33 Å². The molecule has 0 saturated carbocycles. The van der Waals surface area contributed by atoms with Crippen molar-refractivity contribution in [2.24, 2.45) is 0 Å². The van der Waals surface area contributed by atoms with Crippen LogP contribution < -0.4 is 5.32 Å². The minimum atomic E-state index is -0.876. The molecular weight excluding hydrogens is 262 g/mol. The lowest BCUT2D eigenvalue weighted by atomic mass is 10.1. The summed E-state index contributed by atoms with van der Waals surface area (Å²) in [5.41, 5.74) is 1.16. The van der Waals surface area contributed by atoms with E-state index in [-0.39, 0.29) is 12.3 Å². The maximum atomic E-state index is 12.1. The summed E-state index contributed by atoms with van der Waals surface area (Å²) in [5.74, 6) is -0.708. The third-order valence-corrected chi connectivity index (χ3v) is 2.84. The number of carbonyl (C=O) groups is 2. The number of carboxylic acids is 1. The van der Waals surface area contributed by atoms with E-state index in [1.807, 2.05) is 6.92 Å². The molecule has 0 fully saturated rings. The fraction of sp³-hybridized carbons (Fsp3) is 0.417. The highest BCUT2D eigenvalue weighted by Gasteiger charge is 2.15. The summed E-state index contributed by atoms with van der Waals surface area (Å²) >= 11 is 0. The molecule has 8 nitrogen and oxygen atoms in total. The average molecular weight is 277 g/mol. The summed E-state index contributed by atoms with van der Waals surface area (Å²) in [6.45, 7) is 2.22. The number of hydrogen-bond donors (Lipinski definition) is 2. The predicted molar refractivity (Wildman–Crippen MR) is 69.4 cm³/mol. The number of rotatable bonds is 6. The molecule has 2 aromatic heterocycles. The van der Waals surface area contributed by atoms with Gasteiger partial charge in [-0.1, -0.05) is 6.92 Å². The Bertz CT molecular complexity index is 637. The maximum absolute atomic E-state index is 12.1. The predicted octanol–water partition coefficient (Wildman–Crippen LogP) is 0.281. The molecule has 106 valence electrons. The first-order valence-corrected chi connectivity index (χ1v) is 6.31. The number of aryl methyl sites for hydroxylation is 1. The zero-order chi connectivity index (χ0) is 14.5. The van der Waals surface area contributed by atoms with Crippen LogP contribution >= 0.6 is 0 Å². The summed E-state index contributed by atoms with van der Waals surface area (Å²) in [5, 5.41) is 15.3.